The number of rotatable bonds is 6. The fraction of sp³-hybridized carbons (Fsp3) is 0.172. The molecule has 0 saturated heterocycles. The normalized spacial score (nSPS) is 16.4. The summed E-state index contributed by atoms with van der Waals surface area (Å²) >= 11 is 0. The number of nitrogens with two attached hydrogens (primary N) is 1. The van der Waals surface area contributed by atoms with Crippen LogP contribution in [0.5, 0.6) is 5.75 Å². The number of aromatic nitrogens is 1. The zero-order valence-corrected chi connectivity index (χ0v) is 20.6. The summed E-state index contributed by atoms with van der Waals surface area (Å²) < 4.78 is 18.8. The first-order chi connectivity index (χ1) is 18.8. The Balaban J connectivity index is 1.59. The van der Waals surface area contributed by atoms with Gasteiger partial charge in [-0.25, -0.2) is 9.37 Å². The van der Waals surface area contributed by atoms with E-state index in [1.165, 1.54) is 24.5 Å². The largest absolute Gasteiger partial charge is 0.507 e. The van der Waals surface area contributed by atoms with E-state index in [-0.39, 0.29) is 52.0 Å². The molecule has 196 valence electrons. The average Bonchev–Trinajstić information content (AvgIpc) is 3.61. The van der Waals surface area contributed by atoms with E-state index in [0.29, 0.717) is 16.8 Å². The number of hydrogen-bond acceptors (Lipinski definition) is 7. The number of nitriles is 1. The zero-order valence-electron chi connectivity index (χ0n) is 20.6. The van der Waals surface area contributed by atoms with Crippen LogP contribution in [0.2, 0.25) is 0 Å². The first-order valence-electron chi connectivity index (χ1n) is 12.3. The summed E-state index contributed by atoms with van der Waals surface area (Å²) in [6.45, 7) is 0. The summed E-state index contributed by atoms with van der Waals surface area (Å²) in [5.41, 5.74) is 7.92. The molecule has 0 aliphatic heterocycles. The molecule has 2 amide bonds. The molecule has 10 heteroatoms. The van der Waals surface area contributed by atoms with Gasteiger partial charge in [0.05, 0.1) is 17.9 Å². The van der Waals surface area contributed by atoms with Crippen molar-refractivity contribution in [3.05, 3.63) is 84.1 Å². The third-order valence-corrected chi connectivity index (χ3v) is 6.69. The Morgan fingerprint density at radius 3 is 2.62 bits per heavy atom. The first-order valence-corrected chi connectivity index (χ1v) is 12.3. The van der Waals surface area contributed by atoms with Crippen molar-refractivity contribution in [2.45, 2.75) is 25.3 Å². The maximum absolute atomic E-state index is 13.7. The van der Waals surface area contributed by atoms with Gasteiger partial charge in [0.2, 0.25) is 5.91 Å². The number of carbonyl (C=O) groups is 2. The maximum atomic E-state index is 13.7. The van der Waals surface area contributed by atoms with Crippen LogP contribution in [0.4, 0.5) is 15.9 Å². The second-order valence-corrected chi connectivity index (χ2v) is 9.25. The van der Waals surface area contributed by atoms with Gasteiger partial charge in [0.15, 0.2) is 11.6 Å². The molecule has 0 radical (unpaired) electrons. The number of hydrogen-bond donors (Lipinski definition) is 4. The van der Waals surface area contributed by atoms with Crippen molar-refractivity contribution < 1.29 is 23.5 Å². The summed E-state index contributed by atoms with van der Waals surface area (Å²) in [4.78, 5) is 30.0. The molecular formula is C29H24FN5O4. The minimum absolute atomic E-state index is 0.00658. The lowest BCUT2D eigenvalue weighted by Crippen LogP contribution is -2.34. The van der Waals surface area contributed by atoms with Gasteiger partial charge < -0.3 is 25.9 Å². The van der Waals surface area contributed by atoms with Crippen LogP contribution < -0.4 is 16.4 Å². The van der Waals surface area contributed by atoms with Crippen molar-refractivity contribution in [2.24, 2.45) is 11.7 Å². The fourth-order valence-electron chi connectivity index (χ4n) is 4.73. The number of aromatic hydroxyl groups is 1. The standard InChI is InChI=1S/C29H24FN5O4/c30-17-9-10-20(25(36)13-17)24-14-21(22(15-31)27(34-24)35-29(38)26-8-3-11-39-26)16-4-1-5-18(12-16)33-28(37)19-6-2-7-23(19)32/h1,3-5,8-14,19,23,36H,2,6-7,32H2,(H,33,37)(H,34,35,38)/t19?,23-/m1/s1. The highest BCUT2D eigenvalue weighted by atomic mass is 19.1. The van der Waals surface area contributed by atoms with E-state index in [0.717, 1.165) is 25.3 Å². The summed E-state index contributed by atoms with van der Waals surface area (Å²) in [7, 11) is 0. The predicted octanol–water partition coefficient (Wildman–Crippen LogP) is 5.04. The van der Waals surface area contributed by atoms with E-state index in [1.54, 1.807) is 36.4 Å². The van der Waals surface area contributed by atoms with Gasteiger partial charge in [-0.1, -0.05) is 18.6 Å². The predicted molar refractivity (Wildman–Crippen MR) is 142 cm³/mol. The number of nitrogens with zero attached hydrogens (tertiary/aromatic N) is 2. The smallest absolute Gasteiger partial charge is 0.292 e. The Hall–Kier alpha value is -5.01. The van der Waals surface area contributed by atoms with Crippen LogP contribution in [-0.2, 0) is 4.79 Å². The van der Waals surface area contributed by atoms with Crippen molar-refractivity contribution in [3.63, 3.8) is 0 Å². The fourth-order valence-corrected chi connectivity index (χ4v) is 4.73. The third-order valence-electron chi connectivity index (χ3n) is 6.69. The van der Waals surface area contributed by atoms with Crippen molar-refractivity contribution in [1.82, 2.24) is 4.98 Å². The Labute approximate surface area is 223 Å². The van der Waals surface area contributed by atoms with Crippen molar-refractivity contribution in [1.29, 1.82) is 5.26 Å². The number of carbonyl (C=O) groups excluding carboxylic acids is 2. The van der Waals surface area contributed by atoms with Gasteiger partial charge in [-0.05, 0) is 60.9 Å². The molecule has 1 aliphatic carbocycles. The molecule has 1 unspecified atom stereocenters. The minimum Gasteiger partial charge on any atom is -0.507 e. The quantitative estimate of drug-likeness (QED) is 0.275. The number of amides is 2. The SMILES string of the molecule is N#Cc1c(-c2cccc(NC(=O)C3CCC[C@H]3N)c2)cc(-c2ccc(F)cc2O)nc1NC(=O)c1ccco1. The molecule has 1 saturated carbocycles. The van der Waals surface area contributed by atoms with Gasteiger partial charge in [-0.2, -0.15) is 5.26 Å². The van der Waals surface area contributed by atoms with Crippen molar-refractivity contribution in [2.75, 3.05) is 10.6 Å². The summed E-state index contributed by atoms with van der Waals surface area (Å²) in [6, 6.07) is 16.8. The van der Waals surface area contributed by atoms with Crippen LogP contribution in [0.15, 0.2) is 71.3 Å². The molecule has 2 heterocycles. The van der Waals surface area contributed by atoms with Gasteiger partial charge >= 0.3 is 0 Å². The molecule has 39 heavy (non-hydrogen) atoms. The van der Waals surface area contributed by atoms with E-state index in [1.807, 2.05) is 0 Å². The lowest BCUT2D eigenvalue weighted by Gasteiger charge is -2.17. The molecule has 2 aromatic heterocycles. The van der Waals surface area contributed by atoms with Gasteiger partial charge in [0, 0.05) is 28.9 Å². The summed E-state index contributed by atoms with van der Waals surface area (Å²) in [5.74, 6) is -2.16. The summed E-state index contributed by atoms with van der Waals surface area (Å²) in [5, 5.41) is 26.0. The molecule has 2 aromatic carbocycles. The number of benzene rings is 2. The lowest BCUT2D eigenvalue weighted by atomic mass is 9.97. The molecule has 0 spiro atoms. The van der Waals surface area contributed by atoms with Crippen molar-refractivity contribution in [3.8, 4) is 34.2 Å². The molecule has 0 bridgehead atoms. The Bertz CT molecular complexity index is 1600. The Morgan fingerprint density at radius 1 is 1.08 bits per heavy atom. The minimum atomic E-state index is -0.637. The van der Waals surface area contributed by atoms with E-state index in [4.69, 9.17) is 10.2 Å². The number of halogens is 1. The monoisotopic (exact) mass is 525 g/mol. The van der Waals surface area contributed by atoms with Gasteiger partial charge in [-0.3, -0.25) is 9.59 Å². The Kier molecular flexibility index (Phi) is 7.08. The highest BCUT2D eigenvalue weighted by molar-refractivity contribution is 6.03. The van der Waals surface area contributed by atoms with Crippen molar-refractivity contribution >= 4 is 23.3 Å². The topological polar surface area (TPSA) is 154 Å². The molecule has 1 aliphatic rings. The van der Waals surface area contributed by atoms with E-state index >= 15 is 0 Å². The molecule has 1 fully saturated rings. The van der Waals surface area contributed by atoms with Gasteiger partial charge in [-0.15, -0.1) is 0 Å². The maximum Gasteiger partial charge on any atom is 0.292 e. The van der Waals surface area contributed by atoms with E-state index in [2.05, 4.69) is 21.7 Å². The van der Waals surface area contributed by atoms with Crippen LogP contribution in [0.25, 0.3) is 22.4 Å². The van der Waals surface area contributed by atoms with Gasteiger partial charge in [0.1, 0.15) is 23.2 Å². The molecule has 5 N–H and O–H groups in total. The zero-order chi connectivity index (χ0) is 27.5. The molecule has 4 aromatic rings. The van der Waals surface area contributed by atoms with Crippen LogP contribution in [0, 0.1) is 23.1 Å². The first kappa shape index (κ1) is 25.6. The number of phenols is 1. The van der Waals surface area contributed by atoms with Crippen LogP contribution in [0.1, 0.15) is 35.4 Å². The highest BCUT2D eigenvalue weighted by Crippen LogP contribution is 2.37. The number of furan rings is 1. The third kappa shape index (κ3) is 5.35. The molecule has 5 rings (SSSR count). The van der Waals surface area contributed by atoms with Crippen LogP contribution in [0.3, 0.4) is 0 Å². The number of pyridine rings is 1. The number of nitrogens with one attached hydrogen (secondary N) is 2. The van der Waals surface area contributed by atoms with E-state index in [9.17, 15) is 24.3 Å². The Morgan fingerprint density at radius 2 is 1.92 bits per heavy atom. The number of anilines is 2. The molecule has 2 atom stereocenters. The van der Waals surface area contributed by atoms with E-state index < -0.39 is 11.7 Å². The second-order valence-electron chi connectivity index (χ2n) is 9.25. The highest BCUT2D eigenvalue weighted by Gasteiger charge is 2.30. The van der Waals surface area contributed by atoms with Gasteiger partial charge in [0.25, 0.3) is 5.91 Å². The lowest BCUT2D eigenvalue weighted by molar-refractivity contribution is -0.120. The van der Waals surface area contributed by atoms with Crippen LogP contribution >= 0.6 is 0 Å². The molecule has 9 nitrogen and oxygen atoms in total. The second kappa shape index (κ2) is 10.8. The molecular weight excluding hydrogens is 501 g/mol. The summed E-state index contributed by atoms with van der Waals surface area (Å²) in [6.07, 6.45) is 3.75. The van der Waals surface area contributed by atoms with Crippen LogP contribution in [-0.4, -0.2) is 27.9 Å². The number of phenolic OH excluding ortho intramolecular Hbond substituents is 1. The average molecular weight is 526 g/mol.